The molecular formula is C13H14BrF3N2O2. The minimum Gasteiger partial charge on any atom is -0.378 e. The van der Waals surface area contributed by atoms with Crippen LogP contribution in [0.5, 0.6) is 0 Å². The molecule has 1 heterocycles. The van der Waals surface area contributed by atoms with Crippen molar-refractivity contribution < 1.29 is 22.7 Å². The summed E-state index contributed by atoms with van der Waals surface area (Å²) in [4.78, 5) is 13.5. The molecule has 1 N–H and O–H groups in total. The number of ether oxygens (including phenoxy) is 1. The molecule has 1 amide bonds. The summed E-state index contributed by atoms with van der Waals surface area (Å²) in [6.07, 6.45) is -4.42. The van der Waals surface area contributed by atoms with E-state index in [0.29, 0.717) is 30.8 Å². The first-order chi connectivity index (χ1) is 9.86. The van der Waals surface area contributed by atoms with E-state index in [9.17, 15) is 18.0 Å². The van der Waals surface area contributed by atoms with Gasteiger partial charge in [0.2, 0.25) is 5.91 Å². The van der Waals surface area contributed by atoms with Crippen molar-refractivity contribution in [2.45, 2.75) is 6.18 Å². The Morgan fingerprint density at radius 3 is 2.57 bits per heavy atom. The van der Waals surface area contributed by atoms with E-state index in [1.807, 2.05) is 0 Å². The number of hydrogen-bond donors (Lipinski definition) is 1. The van der Waals surface area contributed by atoms with Crippen LogP contribution in [0.3, 0.4) is 0 Å². The van der Waals surface area contributed by atoms with Crippen LogP contribution in [0.25, 0.3) is 0 Å². The maximum atomic E-state index is 12.7. The van der Waals surface area contributed by atoms with Gasteiger partial charge in [-0.3, -0.25) is 4.79 Å². The molecule has 4 nitrogen and oxygen atoms in total. The van der Waals surface area contributed by atoms with Crippen molar-refractivity contribution >= 4 is 27.5 Å². The monoisotopic (exact) mass is 366 g/mol. The Balaban J connectivity index is 1.99. The molecule has 8 heteroatoms. The highest BCUT2D eigenvalue weighted by molar-refractivity contribution is 9.10. The van der Waals surface area contributed by atoms with Crippen molar-refractivity contribution in [3.8, 4) is 0 Å². The van der Waals surface area contributed by atoms with Crippen LogP contribution >= 0.6 is 15.9 Å². The number of benzene rings is 1. The summed E-state index contributed by atoms with van der Waals surface area (Å²) in [7, 11) is 0. The van der Waals surface area contributed by atoms with Crippen LogP contribution in [0.15, 0.2) is 22.7 Å². The predicted octanol–water partition coefficient (Wildman–Crippen LogP) is 2.74. The molecule has 1 aromatic carbocycles. The lowest BCUT2D eigenvalue weighted by Crippen LogP contribution is -2.43. The normalized spacial score (nSPS) is 15.9. The lowest BCUT2D eigenvalue weighted by molar-refractivity contribution is -0.137. The molecule has 0 radical (unpaired) electrons. The molecule has 0 aromatic heterocycles. The van der Waals surface area contributed by atoms with Gasteiger partial charge in [0, 0.05) is 23.2 Å². The predicted molar refractivity (Wildman–Crippen MR) is 75.0 cm³/mol. The van der Waals surface area contributed by atoms with Crippen LogP contribution in [0, 0.1) is 0 Å². The fraction of sp³-hybridized carbons (Fsp3) is 0.462. The van der Waals surface area contributed by atoms with Crippen LogP contribution in [0.1, 0.15) is 5.56 Å². The van der Waals surface area contributed by atoms with E-state index in [1.54, 1.807) is 4.90 Å². The molecule has 2 rings (SSSR count). The fourth-order valence-electron chi connectivity index (χ4n) is 1.96. The number of hydrogen-bond acceptors (Lipinski definition) is 3. The Kier molecular flexibility index (Phi) is 5.10. The maximum absolute atomic E-state index is 12.7. The summed E-state index contributed by atoms with van der Waals surface area (Å²) >= 11 is 3.04. The second kappa shape index (κ2) is 6.65. The molecule has 0 spiro atoms. The third kappa shape index (κ3) is 4.60. The number of alkyl halides is 3. The lowest BCUT2D eigenvalue weighted by Gasteiger charge is -2.27. The average Bonchev–Trinajstić information content (AvgIpc) is 2.44. The van der Waals surface area contributed by atoms with Gasteiger partial charge < -0.3 is 15.0 Å². The van der Waals surface area contributed by atoms with Crippen molar-refractivity contribution in [2.75, 3.05) is 38.2 Å². The highest BCUT2D eigenvalue weighted by atomic mass is 79.9. The zero-order valence-corrected chi connectivity index (χ0v) is 12.6. The fourth-order valence-corrected chi connectivity index (χ4v) is 2.45. The van der Waals surface area contributed by atoms with Crippen LogP contribution in [0.2, 0.25) is 0 Å². The smallest absolute Gasteiger partial charge is 0.378 e. The van der Waals surface area contributed by atoms with Gasteiger partial charge in [0.15, 0.2) is 0 Å². The molecular weight excluding hydrogens is 353 g/mol. The Morgan fingerprint density at radius 2 is 1.95 bits per heavy atom. The van der Waals surface area contributed by atoms with Gasteiger partial charge in [-0.05, 0) is 18.2 Å². The minimum atomic E-state index is -4.42. The number of carbonyl (C=O) groups is 1. The quantitative estimate of drug-likeness (QED) is 0.894. The van der Waals surface area contributed by atoms with E-state index in [-0.39, 0.29) is 18.1 Å². The second-order valence-corrected chi connectivity index (χ2v) is 5.49. The van der Waals surface area contributed by atoms with Crippen LogP contribution in [-0.4, -0.2) is 43.7 Å². The minimum absolute atomic E-state index is 0.0479. The van der Waals surface area contributed by atoms with Gasteiger partial charge in [0.1, 0.15) is 0 Å². The molecule has 21 heavy (non-hydrogen) atoms. The topological polar surface area (TPSA) is 41.6 Å². The summed E-state index contributed by atoms with van der Waals surface area (Å²) in [6, 6.07) is 3.48. The number of anilines is 1. The van der Waals surface area contributed by atoms with Gasteiger partial charge in [-0.1, -0.05) is 15.9 Å². The van der Waals surface area contributed by atoms with E-state index in [4.69, 9.17) is 4.74 Å². The molecule has 0 atom stereocenters. The number of nitrogens with zero attached hydrogens (tertiary/aromatic N) is 1. The van der Waals surface area contributed by atoms with E-state index in [1.165, 1.54) is 6.07 Å². The van der Waals surface area contributed by atoms with Gasteiger partial charge in [0.25, 0.3) is 0 Å². The summed E-state index contributed by atoms with van der Waals surface area (Å²) in [6.45, 7) is 1.94. The first-order valence-electron chi connectivity index (χ1n) is 6.33. The molecule has 0 bridgehead atoms. The van der Waals surface area contributed by atoms with Gasteiger partial charge >= 0.3 is 6.18 Å². The van der Waals surface area contributed by atoms with Crippen molar-refractivity contribution in [1.82, 2.24) is 4.90 Å². The SMILES string of the molecule is O=C(CNc1cc(Br)cc(C(F)(F)F)c1)N1CCOCC1. The highest BCUT2D eigenvalue weighted by Crippen LogP contribution is 2.33. The number of morpholine rings is 1. The molecule has 0 saturated carbocycles. The van der Waals surface area contributed by atoms with E-state index >= 15 is 0 Å². The molecule has 1 saturated heterocycles. The molecule has 1 aliphatic heterocycles. The van der Waals surface area contributed by atoms with Gasteiger partial charge in [-0.25, -0.2) is 0 Å². The van der Waals surface area contributed by atoms with E-state index < -0.39 is 11.7 Å². The number of nitrogens with one attached hydrogen (secondary N) is 1. The van der Waals surface area contributed by atoms with E-state index in [2.05, 4.69) is 21.2 Å². The summed E-state index contributed by atoms with van der Waals surface area (Å²) in [5.74, 6) is -0.160. The van der Waals surface area contributed by atoms with Gasteiger partial charge in [-0.15, -0.1) is 0 Å². The number of halogens is 4. The first-order valence-corrected chi connectivity index (χ1v) is 7.13. The average molecular weight is 367 g/mol. The summed E-state index contributed by atoms with van der Waals surface area (Å²) < 4.78 is 43.5. The zero-order chi connectivity index (χ0) is 15.5. The molecule has 1 aliphatic rings. The Bertz CT molecular complexity index is 517. The van der Waals surface area contributed by atoms with Gasteiger partial charge in [-0.2, -0.15) is 13.2 Å². The van der Waals surface area contributed by atoms with Crippen LogP contribution < -0.4 is 5.32 Å². The van der Waals surface area contributed by atoms with E-state index in [0.717, 1.165) is 12.1 Å². The Morgan fingerprint density at radius 1 is 1.29 bits per heavy atom. The number of amides is 1. The van der Waals surface area contributed by atoms with Crippen molar-refractivity contribution in [2.24, 2.45) is 0 Å². The zero-order valence-electron chi connectivity index (χ0n) is 11.0. The van der Waals surface area contributed by atoms with Crippen molar-refractivity contribution in [3.63, 3.8) is 0 Å². The summed E-state index contributed by atoms with van der Waals surface area (Å²) in [5.41, 5.74) is -0.517. The number of carbonyl (C=O) groups excluding carboxylic acids is 1. The third-order valence-electron chi connectivity index (χ3n) is 3.03. The van der Waals surface area contributed by atoms with Crippen molar-refractivity contribution in [3.05, 3.63) is 28.2 Å². The van der Waals surface area contributed by atoms with Gasteiger partial charge in [0.05, 0.1) is 25.3 Å². The largest absolute Gasteiger partial charge is 0.416 e. The molecule has 1 fully saturated rings. The first kappa shape index (κ1) is 16.1. The molecule has 0 aliphatic carbocycles. The second-order valence-electron chi connectivity index (χ2n) is 4.57. The summed E-state index contributed by atoms with van der Waals surface area (Å²) in [5, 5.41) is 2.73. The molecule has 116 valence electrons. The van der Waals surface area contributed by atoms with Crippen molar-refractivity contribution in [1.29, 1.82) is 0 Å². The van der Waals surface area contributed by atoms with Crippen LogP contribution in [0.4, 0.5) is 18.9 Å². The molecule has 0 unspecified atom stereocenters. The molecule has 1 aromatic rings. The third-order valence-corrected chi connectivity index (χ3v) is 3.49. The maximum Gasteiger partial charge on any atom is 0.416 e. The lowest BCUT2D eigenvalue weighted by atomic mass is 10.2. The standard InChI is InChI=1S/C13H14BrF3N2O2/c14-10-5-9(13(15,16)17)6-11(7-10)18-8-12(20)19-1-3-21-4-2-19/h5-7,18H,1-4,8H2. The Labute approximate surface area is 128 Å². The van der Waals surface area contributed by atoms with Crippen LogP contribution in [-0.2, 0) is 15.7 Å². The highest BCUT2D eigenvalue weighted by Gasteiger charge is 2.31. The number of rotatable bonds is 3. The Hall–Kier alpha value is -1.28.